The maximum atomic E-state index is 15.7. The average molecular weight is 445 g/mol. The highest BCUT2D eigenvalue weighted by Crippen LogP contribution is 2.56. The summed E-state index contributed by atoms with van der Waals surface area (Å²) in [6.45, 7) is -0.878. The Balaban J connectivity index is 1.64. The molecular weight excluding hydrogens is 422 g/mol. The van der Waals surface area contributed by atoms with E-state index in [-0.39, 0.29) is 17.9 Å². The largest absolute Gasteiger partial charge is 0.530 e. The number of para-hydroxylation sites is 1. The average Bonchev–Trinajstić information content (AvgIpc) is 2.95. The lowest BCUT2D eigenvalue weighted by Crippen LogP contribution is -2.37. The van der Waals surface area contributed by atoms with Gasteiger partial charge in [0.25, 0.3) is 5.56 Å². The fraction of sp³-hybridized carbons (Fsp3) is 0.444. The number of rotatable bonds is 4. The predicted octanol–water partition coefficient (Wildman–Crippen LogP) is 1.83. The number of aliphatic hydroxyl groups is 1. The third kappa shape index (κ3) is 3.86. The molecule has 4 rings (SSSR count). The van der Waals surface area contributed by atoms with Gasteiger partial charge in [-0.1, -0.05) is 18.2 Å². The number of hydrogen-bond acceptors (Lipinski definition) is 8. The Morgan fingerprint density at radius 3 is 3.00 bits per heavy atom. The van der Waals surface area contributed by atoms with Crippen molar-refractivity contribution in [2.24, 2.45) is 0 Å². The van der Waals surface area contributed by atoms with E-state index in [9.17, 15) is 19.3 Å². The number of aromatic amines is 1. The molecule has 1 aromatic heterocycles. The van der Waals surface area contributed by atoms with E-state index in [1.165, 1.54) is 6.92 Å². The Hall–Kier alpha value is -2.30. The topological polar surface area (TPSA) is 129 Å². The van der Waals surface area contributed by atoms with Crippen LogP contribution in [-0.4, -0.2) is 33.2 Å². The van der Waals surface area contributed by atoms with E-state index in [1.807, 2.05) is 4.98 Å². The SMILES string of the molecule is [2H]C([2H])(OP1(=O)OCc2cccc(C)c2O1)[C@]1(F)C[C@@H](O)[C@]([2H])(n2cc(C)c(=O)[nH]c2=O)O1. The molecule has 4 atom stereocenters. The monoisotopic (exact) mass is 445 g/mol. The van der Waals surface area contributed by atoms with Crippen molar-refractivity contribution in [2.45, 2.75) is 45.0 Å². The molecule has 2 N–H and O–H groups in total. The van der Waals surface area contributed by atoms with Gasteiger partial charge in [0.05, 0.1) is 10.7 Å². The van der Waals surface area contributed by atoms with Gasteiger partial charge in [-0.2, -0.15) is 0 Å². The molecule has 0 saturated carbocycles. The van der Waals surface area contributed by atoms with Gasteiger partial charge in [0, 0.05) is 23.7 Å². The number of H-pyrrole nitrogens is 1. The minimum Gasteiger partial charge on any atom is -0.403 e. The van der Waals surface area contributed by atoms with Crippen molar-refractivity contribution in [3.8, 4) is 5.75 Å². The van der Waals surface area contributed by atoms with Gasteiger partial charge >= 0.3 is 13.5 Å². The predicted molar refractivity (Wildman–Crippen MR) is 101 cm³/mol. The van der Waals surface area contributed by atoms with Crippen LogP contribution >= 0.6 is 7.82 Å². The van der Waals surface area contributed by atoms with Crippen molar-refractivity contribution in [1.82, 2.24) is 9.55 Å². The molecule has 1 fully saturated rings. The number of nitrogens with zero attached hydrogens (tertiary/aromatic N) is 1. The number of phosphoric ester groups is 1. The number of benzene rings is 1. The zero-order valence-electron chi connectivity index (χ0n) is 18.9. The summed E-state index contributed by atoms with van der Waals surface area (Å²) in [6.07, 6.45) is -5.26. The number of phosphoric acid groups is 1. The molecule has 10 nitrogen and oxygen atoms in total. The molecule has 1 unspecified atom stereocenters. The van der Waals surface area contributed by atoms with Crippen LogP contribution in [-0.2, 0) is 25.0 Å². The minimum absolute atomic E-state index is 0.0462. The molecule has 0 spiro atoms. The quantitative estimate of drug-likeness (QED) is 0.682. The Morgan fingerprint density at radius 1 is 1.47 bits per heavy atom. The molecular formula is C18H20FN2O8P. The summed E-state index contributed by atoms with van der Waals surface area (Å²) < 4.78 is 73.6. The maximum Gasteiger partial charge on any atom is 0.530 e. The second-order valence-electron chi connectivity index (χ2n) is 6.90. The maximum absolute atomic E-state index is 15.7. The van der Waals surface area contributed by atoms with Crippen LogP contribution in [0.1, 0.15) is 33.4 Å². The number of aryl methyl sites for hydroxylation is 2. The number of aliphatic hydroxyl groups excluding tert-OH is 1. The number of ether oxygens (including phenoxy) is 1. The standard InChI is InChI=1S/C18H20FN2O8P/c1-10-4-3-5-12-8-26-30(25,29-14(10)12)27-9-18(19)6-13(22)16(28-18)21-7-11(2)15(23)20-17(21)24/h3-5,7,13,16,22H,6,8-9H2,1-2H3,(H,20,23,24)/t13-,16-,18+,30?/m1/s1/i9D2,16D. The Bertz CT molecular complexity index is 1290. The molecule has 0 bridgehead atoms. The second kappa shape index (κ2) is 7.44. The lowest BCUT2D eigenvalue weighted by atomic mass is 10.1. The van der Waals surface area contributed by atoms with Gasteiger partial charge in [0.1, 0.15) is 18.4 Å². The summed E-state index contributed by atoms with van der Waals surface area (Å²) in [6, 6.07) is 4.98. The molecule has 1 saturated heterocycles. The van der Waals surface area contributed by atoms with Gasteiger partial charge in [0.2, 0.25) is 5.85 Å². The molecule has 1 aromatic carbocycles. The van der Waals surface area contributed by atoms with E-state index in [2.05, 4.69) is 0 Å². The van der Waals surface area contributed by atoms with E-state index in [1.54, 1.807) is 25.1 Å². The van der Waals surface area contributed by atoms with Crippen molar-refractivity contribution in [3.05, 3.63) is 61.9 Å². The van der Waals surface area contributed by atoms with E-state index >= 15 is 4.39 Å². The van der Waals surface area contributed by atoms with Crippen molar-refractivity contribution in [3.63, 3.8) is 0 Å². The highest BCUT2D eigenvalue weighted by Gasteiger charge is 2.50. The van der Waals surface area contributed by atoms with Crippen molar-refractivity contribution < 1.29 is 36.5 Å². The van der Waals surface area contributed by atoms with Crippen LogP contribution in [0.15, 0.2) is 34.0 Å². The van der Waals surface area contributed by atoms with Crippen LogP contribution in [0.3, 0.4) is 0 Å². The molecule has 30 heavy (non-hydrogen) atoms. The third-order valence-corrected chi connectivity index (χ3v) is 5.72. The summed E-state index contributed by atoms with van der Waals surface area (Å²) in [4.78, 5) is 25.7. The smallest absolute Gasteiger partial charge is 0.403 e. The van der Waals surface area contributed by atoms with Gasteiger partial charge in [-0.15, -0.1) is 0 Å². The lowest BCUT2D eigenvalue weighted by Gasteiger charge is -2.28. The first-order valence-electron chi connectivity index (χ1n) is 10.3. The number of hydrogen-bond donors (Lipinski definition) is 2. The van der Waals surface area contributed by atoms with Crippen LogP contribution in [0.5, 0.6) is 5.75 Å². The first-order chi connectivity index (χ1) is 15.2. The van der Waals surface area contributed by atoms with E-state index < -0.39 is 50.2 Å². The first-order valence-corrected chi connectivity index (χ1v) is 10.3. The van der Waals surface area contributed by atoms with E-state index in [0.717, 1.165) is 6.20 Å². The zero-order valence-corrected chi connectivity index (χ0v) is 16.8. The van der Waals surface area contributed by atoms with E-state index in [4.69, 9.17) is 22.4 Å². The summed E-state index contributed by atoms with van der Waals surface area (Å²) in [5.74, 6) is -3.43. The Morgan fingerprint density at radius 2 is 2.23 bits per heavy atom. The Kier molecular flexibility index (Phi) is 4.31. The minimum atomic E-state index is -4.70. The van der Waals surface area contributed by atoms with Crippen molar-refractivity contribution in [2.75, 3.05) is 6.56 Å². The van der Waals surface area contributed by atoms with Crippen LogP contribution < -0.4 is 15.8 Å². The molecule has 0 aliphatic carbocycles. The molecule has 162 valence electrons. The first kappa shape index (κ1) is 17.4. The van der Waals surface area contributed by atoms with Gasteiger partial charge < -0.3 is 14.4 Å². The van der Waals surface area contributed by atoms with Crippen molar-refractivity contribution >= 4 is 7.82 Å². The van der Waals surface area contributed by atoms with Crippen LogP contribution in [0.2, 0.25) is 0 Å². The number of nitrogens with one attached hydrogen (secondary N) is 1. The van der Waals surface area contributed by atoms with E-state index in [0.29, 0.717) is 15.7 Å². The normalized spacial score (nSPS) is 35.1. The summed E-state index contributed by atoms with van der Waals surface area (Å²) >= 11 is 0. The second-order valence-corrected chi connectivity index (χ2v) is 8.42. The van der Waals surface area contributed by atoms with Crippen LogP contribution in [0, 0.1) is 13.8 Å². The third-order valence-electron chi connectivity index (χ3n) is 4.55. The Labute approximate surface area is 174 Å². The number of halogens is 1. The zero-order chi connectivity index (χ0) is 24.4. The van der Waals surface area contributed by atoms with Gasteiger partial charge in [0.15, 0.2) is 6.20 Å². The number of fused-ring (bicyclic) bond motifs is 1. The molecule has 3 heterocycles. The fourth-order valence-corrected chi connectivity index (χ4v) is 4.20. The molecule has 2 aromatic rings. The molecule has 2 aliphatic heterocycles. The van der Waals surface area contributed by atoms with Crippen LogP contribution in [0.4, 0.5) is 4.39 Å². The molecule has 0 radical (unpaired) electrons. The number of aromatic nitrogens is 2. The fourth-order valence-electron chi connectivity index (χ4n) is 3.03. The number of alkyl halides is 1. The summed E-state index contributed by atoms with van der Waals surface area (Å²) in [5.41, 5.74) is -0.927. The summed E-state index contributed by atoms with van der Waals surface area (Å²) in [7, 11) is -4.70. The molecule has 0 amide bonds. The van der Waals surface area contributed by atoms with Gasteiger partial charge in [-0.3, -0.25) is 23.4 Å². The van der Waals surface area contributed by atoms with Crippen molar-refractivity contribution in [1.29, 1.82) is 0 Å². The molecule has 2 aliphatic rings. The molecule has 12 heteroatoms. The van der Waals surface area contributed by atoms with Gasteiger partial charge in [-0.25, -0.2) is 13.8 Å². The summed E-state index contributed by atoms with van der Waals surface area (Å²) in [5, 5.41) is 10.4. The van der Waals surface area contributed by atoms with Crippen LogP contribution in [0.25, 0.3) is 0 Å². The highest BCUT2D eigenvalue weighted by atomic mass is 31.2. The van der Waals surface area contributed by atoms with Gasteiger partial charge in [-0.05, 0) is 19.4 Å². The highest BCUT2D eigenvalue weighted by molar-refractivity contribution is 7.49. The lowest BCUT2D eigenvalue weighted by molar-refractivity contribution is -0.179.